The van der Waals surface area contributed by atoms with Crippen LogP contribution < -0.4 is 19.7 Å². The lowest BCUT2D eigenvalue weighted by atomic mass is 10.2. The number of hydrogen-bond donors (Lipinski definition) is 2. The highest BCUT2D eigenvalue weighted by molar-refractivity contribution is 6.36. The average Bonchev–Trinajstić information content (AvgIpc) is 2.63. The van der Waals surface area contributed by atoms with Gasteiger partial charge in [0.25, 0.3) is 5.91 Å². The molecule has 138 valence electrons. The molecule has 26 heavy (non-hydrogen) atoms. The monoisotopic (exact) mass is 395 g/mol. The molecule has 0 spiro atoms. The van der Waals surface area contributed by atoms with Crippen LogP contribution in [-0.4, -0.2) is 38.3 Å². The van der Waals surface area contributed by atoms with Crippen molar-refractivity contribution >= 4 is 34.8 Å². The number of halogens is 2. The summed E-state index contributed by atoms with van der Waals surface area (Å²) in [5.74, 6) is 1.37. The fraction of sp³-hybridized carbons (Fsp3) is 0.316. The molecule has 0 saturated heterocycles. The van der Waals surface area contributed by atoms with E-state index in [1.165, 1.54) is 0 Å². The Bertz CT molecular complexity index is 800. The van der Waals surface area contributed by atoms with Crippen molar-refractivity contribution in [3.63, 3.8) is 0 Å². The average molecular weight is 396 g/mol. The molecule has 1 heterocycles. The van der Waals surface area contributed by atoms with Crippen LogP contribution in [0.4, 0.5) is 5.69 Å². The first-order valence-corrected chi connectivity index (χ1v) is 9.16. The van der Waals surface area contributed by atoms with E-state index in [1.54, 1.807) is 18.2 Å². The van der Waals surface area contributed by atoms with E-state index < -0.39 is 0 Å². The molecule has 0 aromatic heterocycles. The fourth-order valence-corrected chi connectivity index (χ4v) is 3.21. The molecule has 0 bridgehead atoms. The number of anilines is 1. The maximum absolute atomic E-state index is 12.5. The number of carbonyl (C=O) groups is 1. The maximum atomic E-state index is 12.5. The summed E-state index contributed by atoms with van der Waals surface area (Å²) in [6, 6.07) is 12.3. The summed E-state index contributed by atoms with van der Waals surface area (Å²) < 4.78 is 11.7. The summed E-state index contributed by atoms with van der Waals surface area (Å²) in [6.07, 6.45) is -0.112. The Hall–Kier alpha value is -1.95. The van der Waals surface area contributed by atoms with Crippen molar-refractivity contribution in [3.8, 4) is 11.5 Å². The van der Waals surface area contributed by atoms with E-state index >= 15 is 0 Å². The number of likely N-dealkylation sites (N-methyl/N-ethyl adjacent to an activating group) is 1. The van der Waals surface area contributed by atoms with Gasteiger partial charge in [-0.15, -0.1) is 0 Å². The first kappa shape index (κ1) is 18.8. The highest BCUT2D eigenvalue weighted by Gasteiger charge is 2.29. The molecule has 2 aromatic carbocycles. The topological polar surface area (TPSA) is 52.0 Å². The molecule has 0 saturated carbocycles. The number of benzene rings is 2. The Kier molecular flexibility index (Phi) is 5.91. The largest absolute Gasteiger partial charge is 0.486 e. The molecule has 2 aromatic rings. The summed E-state index contributed by atoms with van der Waals surface area (Å²) in [4.78, 5) is 13.5. The Morgan fingerprint density at radius 2 is 2.00 bits per heavy atom. The minimum atomic E-state index is -0.289. The van der Waals surface area contributed by atoms with Crippen molar-refractivity contribution < 1.29 is 19.2 Å². The number of fused-ring (bicyclic) bond motifs is 1. The van der Waals surface area contributed by atoms with E-state index in [0.717, 1.165) is 16.4 Å². The first-order valence-electron chi connectivity index (χ1n) is 8.40. The number of amides is 1. The molecule has 0 fully saturated rings. The minimum absolute atomic E-state index is 0.112. The Morgan fingerprint density at radius 3 is 2.73 bits per heavy atom. The van der Waals surface area contributed by atoms with E-state index in [0.29, 0.717) is 28.9 Å². The van der Waals surface area contributed by atoms with Crippen LogP contribution in [0.3, 0.4) is 0 Å². The standard InChI is InChI=1S/C19H20Cl2N2O3/c1-12(19(24)22-16-8-7-13(20)9-15(16)21)23(2)10-14-11-25-17-5-3-4-6-18(17)26-14/h3-9,12,14H,10-11H2,1-2H3,(H,22,24)/p+1/t12-,14-/m1/s1. The molecule has 1 aliphatic rings. The van der Waals surface area contributed by atoms with E-state index in [1.807, 2.05) is 38.2 Å². The Morgan fingerprint density at radius 1 is 1.27 bits per heavy atom. The van der Waals surface area contributed by atoms with Crippen LogP contribution in [0.2, 0.25) is 10.0 Å². The van der Waals surface area contributed by atoms with Crippen LogP contribution in [0.1, 0.15) is 6.92 Å². The van der Waals surface area contributed by atoms with Crippen molar-refractivity contribution in [2.45, 2.75) is 19.1 Å². The van der Waals surface area contributed by atoms with E-state index in [4.69, 9.17) is 32.7 Å². The molecule has 1 aliphatic heterocycles. The molecule has 3 rings (SSSR count). The van der Waals surface area contributed by atoms with Gasteiger partial charge in [0.15, 0.2) is 23.6 Å². The summed E-state index contributed by atoms with van der Waals surface area (Å²) in [5.41, 5.74) is 0.548. The lowest BCUT2D eigenvalue weighted by Crippen LogP contribution is -3.15. The molecule has 1 unspecified atom stereocenters. The Labute approximate surface area is 162 Å². The van der Waals surface area contributed by atoms with Gasteiger partial charge in [0.05, 0.1) is 17.8 Å². The molecule has 1 amide bonds. The zero-order valence-electron chi connectivity index (χ0n) is 14.6. The van der Waals surface area contributed by atoms with Gasteiger partial charge >= 0.3 is 0 Å². The molecule has 5 nitrogen and oxygen atoms in total. The quantitative estimate of drug-likeness (QED) is 0.817. The zero-order chi connectivity index (χ0) is 18.7. The smallest absolute Gasteiger partial charge is 0.282 e. The third kappa shape index (κ3) is 4.41. The summed E-state index contributed by atoms with van der Waals surface area (Å²) >= 11 is 12.0. The number of ether oxygens (including phenoxy) is 2. The number of quaternary nitrogens is 1. The molecule has 0 radical (unpaired) electrons. The molecular formula is C19H21Cl2N2O3+. The van der Waals surface area contributed by atoms with Crippen molar-refractivity contribution in [3.05, 3.63) is 52.5 Å². The zero-order valence-corrected chi connectivity index (χ0v) is 16.1. The lowest BCUT2D eigenvalue weighted by molar-refractivity contribution is -0.896. The molecule has 0 aliphatic carbocycles. The summed E-state index contributed by atoms with van der Waals surface area (Å²) in [6.45, 7) is 2.97. The number of hydrogen-bond acceptors (Lipinski definition) is 3. The van der Waals surface area contributed by atoms with Crippen LogP contribution in [0, 0.1) is 0 Å². The number of carbonyl (C=O) groups excluding carboxylic acids is 1. The molecule has 3 atom stereocenters. The van der Waals surface area contributed by atoms with E-state index in [2.05, 4.69) is 5.32 Å². The van der Waals surface area contributed by atoms with Crippen molar-refractivity contribution in [2.75, 3.05) is 25.5 Å². The van der Waals surface area contributed by atoms with Crippen LogP contribution in [-0.2, 0) is 4.79 Å². The van der Waals surface area contributed by atoms with Gasteiger partial charge in [-0.2, -0.15) is 0 Å². The Balaban J connectivity index is 1.57. The SMILES string of the molecule is C[C@H](C(=O)Nc1ccc(Cl)cc1Cl)[NH+](C)C[C@@H]1COc2ccccc2O1. The molecule has 7 heteroatoms. The number of para-hydroxylation sites is 2. The summed E-state index contributed by atoms with van der Waals surface area (Å²) in [7, 11) is 1.96. The van der Waals surface area contributed by atoms with Gasteiger partial charge in [0.1, 0.15) is 13.2 Å². The van der Waals surface area contributed by atoms with Crippen molar-refractivity contribution in [1.82, 2.24) is 0 Å². The van der Waals surface area contributed by atoms with Gasteiger partial charge in [0, 0.05) is 5.02 Å². The van der Waals surface area contributed by atoms with Gasteiger partial charge in [-0.1, -0.05) is 35.3 Å². The molecular weight excluding hydrogens is 375 g/mol. The van der Waals surface area contributed by atoms with Gasteiger partial charge in [-0.3, -0.25) is 4.79 Å². The molecule has 2 N–H and O–H groups in total. The number of nitrogens with one attached hydrogen (secondary N) is 2. The van der Waals surface area contributed by atoms with Crippen LogP contribution in [0.15, 0.2) is 42.5 Å². The second-order valence-corrected chi connectivity index (χ2v) is 7.23. The number of rotatable bonds is 5. The second-order valence-electron chi connectivity index (χ2n) is 6.38. The van der Waals surface area contributed by atoms with Crippen molar-refractivity contribution in [2.24, 2.45) is 0 Å². The summed E-state index contributed by atoms with van der Waals surface area (Å²) in [5, 5.41) is 3.79. The van der Waals surface area contributed by atoms with Crippen molar-refractivity contribution in [1.29, 1.82) is 0 Å². The fourth-order valence-electron chi connectivity index (χ4n) is 2.76. The third-order valence-electron chi connectivity index (χ3n) is 4.44. The maximum Gasteiger partial charge on any atom is 0.282 e. The van der Waals surface area contributed by atoms with E-state index in [9.17, 15) is 4.79 Å². The second kappa shape index (κ2) is 8.16. The van der Waals surface area contributed by atoms with Crippen LogP contribution >= 0.6 is 23.2 Å². The van der Waals surface area contributed by atoms with Gasteiger partial charge in [-0.25, -0.2) is 0 Å². The van der Waals surface area contributed by atoms with Gasteiger partial charge in [-0.05, 0) is 37.3 Å². The van der Waals surface area contributed by atoms with Crippen LogP contribution in [0.5, 0.6) is 11.5 Å². The predicted octanol–water partition coefficient (Wildman–Crippen LogP) is 2.68. The normalized spacial score (nSPS) is 18.1. The third-order valence-corrected chi connectivity index (χ3v) is 4.99. The predicted molar refractivity (Wildman–Crippen MR) is 103 cm³/mol. The minimum Gasteiger partial charge on any atom is -0.486 e. The van der Waals surface area contributed by atoms with Gasteiger partial charge < -0.3 is 19.7 Å². The van der Waals surface area contributed by atoms with Crippen LogP contribution in [0.25, 0.3) is 0 Å². The highest BCUT2D eigenvalue weighted by Crippen LogP contribution is 2.30. The van der Waals surface area contributed by atoms with E-state index in [-0.39, 0.29) is 18.1 Å². The lowest BCUT2D eigenvalue weighted by Gasteiger charge is -2.29. The highest BCUT2D eigenvalue weighted by atomic mass is 35.5. The van der Waals surface area contributed by atoms with Gasteiger partial charge in [0.2, 0.25) is 0 Å². The first-order chi connectivity index (χ1) is 12.4.